The van der Waals surface area contributed by atoms with Gasteiger partial charge in [-0.05, 0) is 35.2 Å². The van der Waals surface area contributed by atoms with Crippen molar-refractivity contribution in [2.45, 2.75) is 24.6 Å². The lowest BCUT2D eigenvalue weighted by atomic mass is 10.0. The minimum absolute atomic E-state index is 0. The van der Waals surface area contributed by atoms with Crippen molar-refractivity contribution in [2.75, 3.05) is 0 Å². The minimum Gasteiger partial charge on any atom is -0.327 e. The fourth-order valence-electron chi connectivity index (χ4n) is 2.40. The van der Waals surface area contributed by atoms with E-state index in [-0.39, 0.29) is 18.4 Å². The third-order valence-electron chi connectivity index (χ3n) is 3.70. The van der Waals surface area contributed by atoms with E-state index in [1.165, 1.54) is 12.1 Å². The topological polar surface area (TPSA) is 26.0 Å². The summed E-state index contributed by atoms with van der Waals surface area (Å²) in [6.45, 7) is 0. The van der Waals surface area contributed by atoms with Gasteiger partial charge in [-0.2, -0.15) is 13.2 Å². The number of rotatable bonds is 2. The van der Waals surface area contributed by atoms with Gasteiger partial charge in [-0.1, -0.05) is 36.4 Å². The van der Waals surface area contributed by atoms with Gasteiger partial charge in [0.05, 0.1) is 5.56 Å². The van der Waals surface area contributed by atoms with E-state index in [1.807, 2.05) is 24.3 Å². The van der Waals surface area contributed by atoms with Crippen molar-refractivity contribution < 1.29 is 13.2 Å². The zero-order valence-corrected chi connectivity index (χ0v) is 11.9. The van der Waals surface area contributed by atoms with Crippen LogP contribution in [0.2, 0.25) is 0 Å². The van der Waals surface area contributed by atoms with Gasteiger partial charge in [0.1, 0.15) is 0 Å². The number of hydrogen-bond donors (Lipinski definition) is 1. The van der Waals surface area contributed by atoms with Crippen molar-refractivity contribution in [1.29, 1.82) is 0 Å². The van der Waals surface area contributed by atoms with Crippen LogP contribution < -0.4 is 5.73 Å². The summed E-state index contributed by atoms with van der Waals surface area (Å²) in [6.07, 6.45) is -3.32. The molecule has 0 amide bonds. The monoisotopic (exact) mass is 313 g/mol. The first-order chi connectivity index (χ1) is 9.45. The summed E-state index contributed by atoms with van der Waals surface area (Å²) in [6, 6.07) is 13.2. The SMILES string of the molecule is Cl.N[C@H]1C[C@@H]1c1ccc(-c2cccc(C(F)(F)F)c2)cc1. The second kappa shape index (κ2) is 5.70. The van der Waals surface area contributed by atoms with Gasteiger partial charge >= 0.3 is 6.18 Å². The molecule has 2 aromatic rings. The van der Waals surface area contributed by atoms with Crippen LogP contribution in [0.4, 0.5) is 13.2 Å². The van der Waals surface area contributed by atoms with E-state index in [0.29, 0.717) is 11.5 Å². The van der Waals surface area contributed by atoms with E-state index < -0.39 is 11.7 Å². The van der Waals surface area contributed by atoms with Crippen molar-refractivity contribution in [3.63, 3.8) is 0 Å². The third-order valence-corrected chi connectivity index (χ3v) is 3.70. The van der Waals surface area contributed by atoms with E-state index in [0.717, 1.165) is 23.6 Å². The molecule has 0 heterocycles. The van der Waals surface area contributed by atoms with Crippen molar-refractivity contribution in [2.24, 2.45) is 5.73 Å². The lowest BCUT2D eigenvalue weighted by Gasteiger charge is -2.09. The predicted molar refractivity (Wildman–Crippen MR) is 79.5 cm³/mol. The second-order valence-electron chi connectivity index (χ2n) is 5.21. The minimum atomic E-state index is -4.31. The standard InChI is InChI=1S/C16H14F3N.ClH/c17-16(18,19)13-3-1-2-12(8-13)10-4-6-11(7-5-10)14-9-15(14)20;/h1-8,14-15H,9,20H2;1H/t14-,15+;/m1./s1. The Morgan fingerprint density at radius 1 is 0.952 bits per heavy atom. The van der Waals surface area contributed by atoms with Crippen LogP contribution in [0.25, 0.3) is 11.1 Å². The Bertz CT molecular complexity index is 622. The molecule has 0 bridgehead atoms. The quantitative estimate of drug-likeness (QED) is 0.861. The van der Waals surface area contributed by atoms with Crippen molar-refractivity contribution in [3.05, 3.63) is 59.7 Å². The van der Waals surface area contributed by atoms with E-state index in [4.69, 9.17) is 5.73 Å². The van der Waals surface area contributed by atoms with E-state index in [2.05, 4.69) is 0 Å². The molecular weight excluding hydrogens is 299 g/mol. The zero-order valence-electron chi connectivity index (χ0n) is 11.1. The average molecular weight is 314 g/mol. The Kier molecular flexibility index (Phi) is 4.30. The van der Waals surface area contributed by atoms with Crippen LogP contribution in [0.5, 0.6) is 0 Å². The van der Waals surface area contributed by atoms with Gasteiger partial charge in [-0.15, -0.1) is 12.4 Å². The highest BCUT2D eigenvalue weighted by molar-refractivity contribution is 5.85. The summed E-state index contributed by atoms with van der Waals surface area (Å²) in [5, 5.41) is 0. The predicted octanol–water partition coefficient (Wildman–Crippen LogP) is 4.61. The maximum atomic E-state index is 12.7. The maximum Gasteiger partial charge on any atom is 0.416 e. The number of hydrogen-bond acceptors (Lipinski definition) is 1. The zero-order chi connectivity index (χ0) is 14.3. The Hall–Kier alpha value is -1.52. The van der Waals surface area contributed by atoms with Crippen molar-refractivity contribution in [3.8, 4) is 11.1 Å². The largest absolute Gasteiger partial charge is 0.416 e. The van der Waals surface area contributed by atoms with Crippen molar-refractivity contribution in [1.82, 2.24) is 0 Å². The van der Waals surface area contributed by atoms with Crippen LogP contribution in [0.1, 0.15) is 23.5 Å². The summed E-state index contributed by atoms with van der Waals surface area (Å²) in [4.78, 5) is 0. The Labute approximate surface area is 127 Å². The highest BCUT2D eigenvalue weighted by Gasteiger charge is 2.34. The molecule has 2 atom stereocenters. The smallest absolute Gasteiger partial charge is 0.327 e. The van der Waals surface area contributed by atoms with Crippen LogP contribution in [0.15, 0.2) is 48.5 Å². The molecule has 0 spiro atoms. The highest BCUT2D eigenvalue weighted by Crippen LogP contribution is 2.39. The van der Waals surface area contributed by atoms with E-state index in [9.17, 15) is 13.2 Å². The first kappa shape index (κ1) is 15.9. The highest BCUT2D eigenvalue weighted by atomic mass is 35.5. The van der Waals surface area contributed by atoms with Gasteiger partial charge < -0.3 is 5.73 Å². The van der Waals surface area contributed by atoms with Crippen LogP contribution >= 0.6 is 12.4 Å². The average Bonchev–Trinajstić information content (AvgIpc) is 3.15. The molecule has 21 heavy (non-hydrogen) atoms. The Balaban J connectivity index is 0.00000161. The first-order valence-electron chi connectivity index (χ1n) is 6.48. The van der Waals surface area contributed by atoms with Gasteiger partial charge in [-0.3, -0.25) is 0 Å². The molecule has 0 unspecified atom stereocenters. The lowest BCUT2D eigenvalue weighted by molar-refractivity contribution is -0.137. The summed E-state index contributed by atoms with van der Waals surface area (Å²) >= 11 is 0. The number of benzene rings is 2. The summed E-state index contributed by atoms with van der Waals surface area (Å²) in [7, 11) is 0. The third kappa shape index (κ3) is 3.39. The fraction of sp³-hybridized carbons (Fsp3) is 0.250. The van der Waals surface area contributed by atoms with Crippen LogP contribution in [-0.4, -0.2) is 6.04 Å². The second-order valence-corrected chi connectivity index (χ2v) is 5.21. The first-order valence-corrected chi connectivity index (χ1v) is 6.48. The van der Waals surface area contributed by atoms with Crippen molar-refractivity contribution >= 4 is 12.4 Å². The van der Waals surface area contributed by atoms with Crippen LogP contribution in [-0.2, 0) is 6.18 Å². The van der Waals surface area contributed by atoms with Gasteiger partial charge in [0.15, 0.2) is 0 Å². The van der Waals surface area contributed by atoms with Gasteiger partial charge in [-0.25, -0.2) is 0 Å². The molecule has 3 rings (SSSR count). The molecule has 1 aliphatic rings. The molecule has 2 N–H and O–H groups in total. The lowest BCUT2D eigenvalue weighted by Crippen LogP contribution is -2.04. The van der Waals surface area contributed by atoms with Crippen LogP contribution in [0.3, 0.4) is 0 Å². The number of alkyl halides is 3. The molecule has 1 saturated carbocycles. The van der Waals surface area contributed by atoms with Gasteiger partial charge in [0.2, 0.25) is 0 Å². The molecule has 2 aromatic carbocycles. The van der Waals surface area contributed by atoms with E-state index >= 15 is 0 Å². The molecule has 1 aliphatic carbocycles. The Morgan fingerprint density at radius 2 is 1.57 bits per heavy atom. The normalized spacial score (nSPS) is 20.8. The summed E-state index contributed by atoms with van der Waals surface area (Å²) in [5.74, 6) is 0.408. The molecule has 1 fully saturated rings. The maximum absolute atomic E-state index is 12.7. The van der Waals surface area contributed by atoms with Gasteiger partial charge in [0.25, 0.3) is 0 Å². The molecule has 5 heteroatoms. The van der Waals surface area contributed by atoms with Crippen LogP contribution in [0, 0.1) is 0 Å². The number of nitrogens with two attached hydrogens (primary N) is 1. The molecule has 0 radical (unpaired) electrons. The number of halogens is 4. The van der Waals surface area contributed by atoms with Gasteiger partial charge in [0, 0.05) is 12.0 Å². The molecule has 0 aromatic heterocycles. The fourth-order valence-corrected chi connectivity index (χ4v) is 2.40. The molecule has 1 nitrogen and oxygen atoms in total. The molecule has 112 valence electrons. The summed E-state index contributed by atoms with van der Waals surface area (Å²) < 4.78 is 38.1. The summed E-state index contributed by atoms with van der Waals surface area (Å²) in [5.41, 5.74) is 7.69. The molecular formula is C16H15ClF3N. The molecule has 0 saturated heterocycles. The molecule has 0 aliphatic heterocycles. The Morgan fingerprint density at radius 3 is 2.10 bits per heavy atom. The van der Waals surface area contributed by atoms with E-state index in [1.54, 1.807) is 6.07 Å².